The lowest BCUT2D eigenvalue weighted by Crippen LogP contribution is -2.48. The van der Waals surface area contributed by atoms with Crippen LogP contribution in [-0.4, -0.2) is 25.8 Å². The van der Waals surface area contributed by atoms with Crippen LogP contribution in [0.1, 0.15) is 23.9 Å². The highest BCUT2D eigenvalue weighted by Crippen LogP contribution is 2.31. The summed E-state index contributed by atoms with van der Waals surface area (Å²) < 4.78 is -1.81. The minimum atomic E-state index is -1.81. The highest BCUT2D eigenvalue weighted by atomic mass is 35.6. The molecule has 0 fully saturated rings. The number of amides is 1. The molecule has 0 saturated carbocycles. The fraction of sp³-hybridized carbons (Fsp3) is 0.158. The Morgan fingerprint density at radius 3 is 2.56 bits per heavy atom. The molecule has 0 aliphatic heterocycles. The number of H-pyrrole nitrogens is 1. The second kappa shape index (κ2) is 9.65. The molecule has 8 heteroatoms. The fourth-order valence-electron chi connectivity index (χ4n) is 2.18. The van der Waals surface area contributed by atoms with Crippen LogP contribution in [0.5, 0.6) is 0 Å². The lowest BCUT2D eigenvalue weighted by molar-refractivity contribution is -0.116. The Bertz CT molecular complexity index is 838. The maximum atomic E-state index is 12.2. The predicted octanol–water partition coefficient (Wildman–Crippen LogP) is 5.02. The van der Waals surface area contributed by atoms with Gasteiger partial charge in [0.25, 0.3) is 0 Å². The van der Waals surface area contributed by atoms with E-state index in [1.807, 2.05) is 49.4 Å². The standard InChI is InChI=1S/C19H19Cl3N4O/c1-3-8-15-14(4-2)23-18(24-15)26-17(19(20,21)22)25-16(27)12-11-13-9-6-5-7-10-13/h3-12,17H,2H2,1H3,(H,25,27)(H2,23,24,26)/b8-3-,12-11+. The van der Waals surface area contributed by atoms with E-state index in [9.17, 15) is 4.79 Å². The number of carbonyl (C=O) groups is 1. The molecule has 0 bridgehead atoms. The largest absolute Gasteiger partial charge is 0.332 e. The zero-order chi connectivity index (χ0) is 19.9. The van der Waals surface area contributed by atoms with E-state index in [0.717, 1.165) is 11.3 Å². The number of carbonyl (C=O) groups excluding carboxylic acids is 1. The normalized spacial score (nSPS) is 13.0. The molecule has 5 nitrogen and oxygen atoms in total. The van der Waals surface area contributed by atoms with Gasteiger partial charge in [-0.3, -0.25) is 4.79 Å². The number of aromatic amines is 1. The molecule has 1 aromatic heterocycles. The van der Waals surface area contributed by atoms with Gasteiger partial charge < -0.3 is 15.6 Å². The van der Waals surface area contributed by atoms with Crippen LogP contribution in [0, 0.1) is 0 Å². The van der Waals surface area contributed by atoms with Crippen LogP contribution in [0.4, 0.5) is 5.95 Å². The van der Waals surface area contributed by atoms with Gasteiger partial charge in [0.1, 0.15) is 6.17 Å². The summed E-state index contributed by atoms with van der Waals surface area (Å²) in [6, 6.07) is 9.39. The molecule has 0 saturated heterocycles. The minimum absolute atomic E-state index is 0.335. The van der Waals surface area contributed by atoms with Gasteiger partial charge in [-0.25, -0.2) is 4.98 Å². The summed E-state index contributed by atoms with van der Waals surface area (Å²) in [5, 5.41) is 5.51. The molecule has 0 spiro atoms. The lowest BCUT2D eigenvalue weighted by Gasteiger charge is -2.25. The average molecular weight is 426 g/mol. The zero-order valence-corrected chi connectivity index (χ0v) is 16.8. The minimum Gasteiger partial charge on any atom is -0.332 e. The number of nitrogens with zero attached hydrogens (tertiary/aromatic N) is 1. The number of alkyl halides is 3. The summed E-state index contributed by atoms with van der Waals surface area (Å²) >= 11 is 18.0. The van der Waals surface area contributed by atoms with Gasteiger partial charge in [0.15, 0.2) is 0 Å². The smallest absolute Gasteiger partial charge is 0.245 e. The summed E-state index contributed by atoms with van der Waals surface area (Å²) in [5.41, 5.74) is 2.26. The zero-order valence-electron chi connectivity index (χ0n) is 14.5. The Hall–Kier alpha value is -2.21. The third kappa shape index (κ3) is 6.47. The molecule has 2 rings (SSSR count). The van der Waals surface area contributed by atoms with Crippen molar-refractivity contribution in [2.24, 2.45) is 0 Å². The summed E-state index contributed by atoms with van der Waals surface area (Å²) in [5.74, 6) is -0.0893. The van der Waals surface area contributed by atoms with E-state index < -0.39 is 15.9 Å². The van der Waals surface area contributed by atoms with Crippen LogP contribution in [0.15, 0.2) is 49.1 Å². The first-order valence-electron chi connectivity index (χ1n) is 8.05. The summed E-state index contributed by atoms with van der Waals surface area (Å²) in [6.07, 6.45) is 7.30. The van der Waals surface area contributed by atoms with E-state index in [1.165, 1.54) is 6.08 Å². The molecule has 1 heterocycles. The van der Waals surface area contributed by atoms with Crippen molar-refractivity contribution < 1.29 is 4.79 Å². The van der Waals surface area contributed by atoms with Crippen molar-refractivity contribution in [1.29, 1.82) is 0 Å². The van der Waals surface area contributed by atoms with Gasteiger partial charge >= 0.3 is 0 Å². The molecule has 1 aromatic carbocycles. The molecule has 3 N–H and O–H groups in total. The number of halogens is 3. The molecule has 27 heavy (non-hydrogen) atoms. The first kappa shape index (κ1) is 21.1. The molecular formula is C19H19Cl3N4O. The average Bonchev–Trinajstić information content (AvgIpc) is 3.01. The molecule has 1 amide bonds. The maximum Gasteiger partial charge on any atom is 0.245 e. The monoisotopic (exact) mass is 424 g/mol. The third-order valence-electron chi connectivity index (χ3n) is 3.41. The van der Waals surface area contributed by atoms with Gasteiger partial charge in [-0.15, -0.1) is 0 Å². The van der Waals surface area contributed by atoms with Crippen LogP contribution in [0.2, 0.25) is 0 Å². The van der Waals surface area contributed by atoms with Crippen LogP contribution in [-0.2, 0) is 4.79 Å². The highest BCUT2D eigenvalue weighted by molar-refractivity contribution is 6.68. The van der Waals surface area contributed by atoms with Crippen LogP contribution >= 0.6 is 34.8 Å². The molecule has 2 aromatic rings. The third-order valence-corrected chi connectivity index (χ3v) is 4.06. The number of aromatic nitrogens is 2. The Morgan fingerprint density at radius 1 is 1.26 bits per heavy atom. The topological polar surface area (TPSA) is 69.8 Å². The molecule has 0 aliphatic rings. The van der Waals surface area contributed by atoms with E-state index >= 15 is 0 Å². The van der Waals surface area contributed by atoms with Crippen molar-refractivity contribution in [3.05, 3.63) is 66.0 Å². The van der Waals surface area contributed by atoms with Crippen molar-refractivity contribution in [2.45, 2.75) is 16.9 Å². The second-order valence-corrected chi connectivity index (χ2v) is 7.83. The highest BCUT2D eigenvalue weighted by Gasteiger charge is 2.34. The van der Waals surface area contributed by atoms with Crippen molar-refractivity contribution in [1.82, 2.24) is 15.3 Å². The first-order valence-corrected chi connectivity index (χ1v) is 9.19. The Kier molecular flexibility index (Phi) is 7.54. The summed E-state index contributed by atoms with van der Waals surface area (Å²) in [4.78, 5) is 19.6. The predicted molar refractivity (Wildman–Crippen MR) is 115 cm³/mol. The number of imidazole rings is 1. The molecular weight excluding hydrogens is 407 g/mol. The Balaban J connectivity index is 2.13. The van der Waals surface area contributed by atoms with Crippen LogP contribution < -0.4 is 10.6 Å². The van der Waals surface area contributed by atoms with Crippen molar-refractivity contribution in [3.63, 3.8) is 0 Å². The van der Waals surface area contributed by atoms with Gasteiger partial charge in [0, 0.05) is 6.08 Å². The summed E-state index contributed by atoms with van der Waals surface area (Å²) in [7, 11) is 0. The molecule has 1 atom stereocenters. The van der Waals surface area contributed by atoms with E-state index in [4.69, 9.17) is 34.8 Å². The van der Waals surface area contributed by atoms with E-state index in [1.54, 1.807) is 12.2 Å². The maximum absolute atomic E-state index is 12.2. The quantitative estimate of drug-likeness (QED) is 0.331. The molecule has 0 aliphatic carbocycles. The second-order valence-electron chi connectivity index (χ2n) is 5.46. The van der Waals surface area contributed by atoms with Crippen LogP contribution in [0.3, 0.4) is 0 Å². The number of nitrogens with one attached hydrogen (secondary N) is 3. The van der Waals surface area contributed by atoms with Gasteiger partial charge in [0.2, 0.25) is 15.6 Å². The summed E-state index contributed by atoms with van der Waals surface area (Å²) in [6.45, 7) is 5.59. The SMILES string of the molecule is C=Cc1nc(NC(NC(=O)/C=C/c2ccccc2)C(Cl)(Cl)Cl)[nH]c1/C=C\C. The van der Waals surface area contributed by atoms with Gasteiger partial charge in [0.05, 0.1) is 11.4 Å². The molecule has 1 unspecified atom stereocenters. The number of rotatable bonds is 7. The number of hydrogen-bond acceptors (Lipinski definition) is 3. The lowest BCUT2D eigenvalue weighted by atomic mass is 10.2. The van der Waals surface area contributed by atoms with E-state index in [0.29, 0.717) is 11.6 Å². The van der Waals surface area contributed by atoms with Crippen molar-refractivity contribution >= 4 is 64.9 Å². The van der Waals surface area contributed by atoms with Gasteiger partial charge in [-0.1, -0.05) is 77.8 Å². The van der Waals surface area contributed by atoms with E-state index in [2.05, 4.69) is 27.2 Å². The Labute approximate surface area is 173 Å². The molecule has 0 radical (unpaired) electrons. The van der Waals surface area contributed by atoms with Gasteiger partial charge in [-0.2, -0.15) is 0 Å². The Morgan fingerprint density at radius 2 is 1.96 bits per heavy atom. The molecule has 142 valence electrons. The van der Waals surface area contributed by atoms with E-state index in [-0.39, 0.29) is 0 Å². The van der Waals surface area contributed by atoms with Crippen molar-refractivity contribution in [2.75, 3.05) is 5.32 Å². The number of anilines is 1. The fourth-order valence-corrected chi connectivity index (χ4v) is 2.51. The number of hydrogen-bond donors (Lipinski definition) is 3. The van der Waals surface area contributed by atoms with Crippen LogP contribution in [0.25, 0.3) is 18.2 Å². The van der Waals surface area contributed by atoms with Gasteiger partial charge in [-0.05, 0) is 30.7 Å². The number of benzene rings is 1. The van der Waals surface area contributed by atoms with Crippen molar-refractivity contribution in [3.8, 4) is 0 Å². The number of allylic oxidation sites excluding steroid dienone is 1. The first-order chi connectivity index (χ1) is 12.8.